The second-order valence-electron chi connectivity index (χ2n) is 5.01. The standard InChI is InChI=1S/C15H20BrN3/c1-2-8-19(11-14-4-3-7-18-14)15-6-5-13(16)9-12(15)10-17/h5-6,9,14,18H,2-4,7-8,11H2,1H3. The SMILES string of the molecule is CCCN(CC1CCCN1)c1ccc(Br)cc1C#N. The van der Waals surface area contributed by atoms with Gasteiger partial charge in [0, 0.05) is 23.6 Å². The van der Waals surface area contributed by atoms with Crippen molar-refractivity contribution in [3.8, 4) is 6.07 Å². The molecule has 4 heteroatoms. The average molecular weight is 322 g/mol. The minimum Gasteiger partial charge on any atom is -0.369 e. The van der Waals surface area contributed by atoms with Crippen LogP contribution in [0.3, 0.4) is 0 Å². The highest BCUT2D eigenvalue weighted by Gasteiger charge is 2.19. The summed E-state index contributed by atoms with van der Waals surface area (Å²) in [6.07, 6.45) is 3.59. The Morgan fingerprint density at radius 2 is 2.37 bits per heavy atom. The first-order valence-corrected chi connectivity index (χ1v) is 7.72. The molecule has 0 aromatic heterocycles. The van der Waals surface area contributed by atoms with Crippen LogP contribution in [0.1, 0.15) is 31.7 Å². The first-order valence-electron chi connectivity index (χ1n) is 6.92. The van der Waals surface area contributed by atoms with Gasteiger partial charge in [-0.1, -0.05) is 22.9 Å². The van der Waals surface area contributed by atoms with Gasteiger partial charge in [-0.25, -0.2) is 0 Å². The van der Waals surface area contributed by atoms with Gasteiger partial charge in [0.2, 0.25) is 0 Å². The summed E-state index contributed by atoms with van der Waals surface area (Å²) in [5, 5.41) is 12.8. The quantitative estimate of drug-likeness (QED) is 0.904. The van der Waals surface area contributed by atoms with Crippen molar-refractivity contribution < 1.29 is 0 Å². The maximum atomic E-state index is 9.31. The molecular weight excluding hydrogens is 302 g/mol. The zero-order valence-electron chi connectivity index (χ0n) is 11.3. The summed E-state index contributed by atoms with van der Waals surface area (Å²) in [5.74, 6) is 0. The van der Waals surface area contributed by atoms with Gasteiger partial charge in [0.05, 0.1) is 11.3 Å². The highest BCUT2D eigenvalue weighted by molar-refractivity contribution is 9.10. The van der Waals surface area contributed by atoms with Gasteiger partial charge in [-0.3, -0.25) is 0 Å². The molecule has 1 fully saturated rings. The third-order valence-electron chi connectivity index (χ3n) is 3.52. The van der Waals surface area contributed by atoms with Crippen LogP contribution in [0.25, 0.3) is 0 Å². The first kappa shape index (κ1) is 14.4. The molecule has 0 saturated carbocycles. The van der Waals surface area contributed by atoms with E-state index in [1.54, 1.807) is 0 Å². The van der Waals surface area contributed by atoms with Crippen molar-refractivity contribution in [3.05, 3.63) is 28.2 Å². The Balaban J connectivity index is 2.20. The highest BCUT2D eigenvalue weighted by Crippen LogP contribution is 2.25. The predicted octanol–water partition coefficient (Wildman–Crippen LogP) is 3.29. The molecule has 0 radical (unpaired) electrons. The van der Waals surface area contributed by atoms with Gasteiger partial charge in [-0.2, -0.15) is 5.26 Å². The van der Waals surface area contributed by atoms with E-state index in [1.165, 1.54) is 12.8 Å². The number of halogens is 1. The molecule has 3 nitrogen and oxygen atoms in total. The Hall–Kier alpha value is -1.05. The Morgan fingerprint density at radius 3 is 3.00 bits per heavy atom. The number of hydrogen-bond acceptors (Lipinski definition) is 3. The summed E-state index contributed by atoms with van der Waals surface area (Å²) in [7, 11) is 0. The van der Waals surface area contributed by atoms with Crippen molar-refractivity contribution in [1.82, 2.24) is 5.32 Å². The molecule has 0 aliphatic carbocycles. The van der Waals surface area contributed by atoms with E-state index in [0.717, 1.165) is 41.8 Å². The van der Waals surface area contributed by atoms with E-state index >= 15 is 0 Å². The maximum absolute atomic E-state index is 9.31. The Bertz CT molecular complexity index is 461. The summed E-state index contributed by atoms with van der Waals surface area (Å²) >= 11 is 3.43. The van der Waals surface area contributed by atoms with Crippen LogP contribution in [0.4, 0.5) is 5.69 Å². The third-order valence-corrected chi connectivity index (χ3v) is 4.01. The van der Waals surface area contributed by atoms with Crippen LogP contribution in [0.2, 0.25) is 0 Å². The summed E-state index contributed by atoms with van der Waals surface area (Å²) < 4.78 is 0.961. The van der Waals surface area contributed by atoms with Gasteiger partial charge in [-0.05, 0) is 44.0 Å². The van der Waals surface area contributed by atoms with Crippen molar-refractivity contribution in [2.24, 2.45) is 0 Å². The van der Waals surface area contributed by atoms with Crippen molar-refractivity contribution in [2.45, 2.75) is 32.2 Å². The monoisotopic (exact) mass is 321 g/mol. The Morgan fingerprint density at radius 1 is 1.53 bits per heavy atom. The van der Waals surface area contributed by atoms with Crippen LogP contribution < -0.4 is 10.2 Å². The molecule has 1 aliphatic rings. The molecule has 1 aromatic rings. The van der Waals surface area contributed by atoms with Crippen molar-refractivity contribution in [2.75, 3.05) is 24.5 Å². The normalized spacial score (nSPS) is 18.3. The van der Waals surface area contributed by atoms with E-state index in [2.05, 4.69) is 39.1 Å². The van der Waals surface area contributed by atoms with Crippen LogP contribution in [0, 0.1) is 11.3 Å². The second kappa shape index (κ2) is 6.93. The van der Waals surface area contributed by atoms with Gasteiger partial charge in [0.15, 0.2) is 0 Å². The second-order valence-corrected chi connectivity index (χ2v) is 5.93. The zero-order valence-corrected chi connectivity index (χ0v) is 12.9. The minimum absolute atomic E-state index is 0.557. The third kappa shape index (κ3) is 3.71. The lowest BCUT2D eigenvalue weighted by Crippen LogP contribution is -2.38. The predicted molar refractivity (Wildman–Crippen MR) is 82.4 cm³/mol. The molecule has 1 atom stereocenters. The summed E-state index contributed by atoms with van der Waals surface area (Å²) in [6.45, 7) is 5.29. The Kier molecular flexibility index (Phi) is 5.24. The molecule has 2 rings (SSSR count). The lowest BCUT2D eigenvalue weighted by molar-refractivity contribution is 0.578. The molecule has 0 bridgehead atoms. The van der Waals surface area contributed by atoms with E-state index in [0.29, 0.717) is 6.04 Å². The summed E-state index contributed by atoms with van der Waals surface area (Å²) in [6, 6.07) is 8.83. The van der Waals surface area contributed by atoms with Crippen molar-refractivity contribution in [1.29, 1.82) is 5.26 Å². The van der Waals surface area contributed by atoms with Gasteiger partial charge in [-0.15, -0.1) is 0 Å². The number of rotatable bonds is 5. The number of anilines is 1. The molecule has 0 spiro atoms. The van der Waals surface area contributed by atoms with Crippen LogP contribution in [0.15, 0.2) is 22.7 Å². The van der Waals surface area contributed by atoms with E-state index in [4.69, 9.17) is 0 Å². The van der Waals surface area contributed by atoms with Gasteiger partial charge >= 0.3 is 0 Å². The lowest BCUT2D eigenvalue weighted by Gasteiger charge is -2.28. The van der Waals surface area contributed by atoms with E-state index < -0.39 is 0 Å². The number of nitrogens with one attached hydrogen (secondary N) is 1. The summed E-state index contributed by atoms with van der Waals surface area (Å²) in [4.78, 5) is 2.34. The van der Waals surface area contributed by atoms with E-state index in [1.807, 2.05) is 18.2 Å². The topological polar surface area (TPSA) is 39.1 Å². The molecular formula is C15H20BrN3. The fraction of sp³-hybridized carbons (Fsp3) is 0.533. The molecule has 1 aliphatic heterocycles. The number of nitrogens with zero attached hydrogens (tertiary/aromatic N) is 2. The van der Waals surface area contributed by atoms with E-state index in [9.17, 15) is 5.26 Å². The minimum atomic E-state index is 0.557. The summed E-state index contributed by atoms with van der Waals surface area (Å²) in [5.41, 5.74) is 1.81. The van der Waals surface area contributed by atoms with Crippen LogP contribution in [0.5, 0.6) is 0 Å². The molecule has 1 saturated heterocycles. The van der Waals surface area contributed by atoms with Crippen molar-refractivity contribution >= 4 is 21.6 Å². The van der Waals surface area contributed by atoms with Gasteiger partial charge in [0.1, 0.15) is 6.07 Å². The molecule has 1 aromatic carbocycles. The Labute approximate surface area is 123 Å². The largest absolute Gasteiger partial charge is 0.369 e. The lowest BCUT2D eigenvalue weighted by atomic mass is 10.1. The molecule has 1 heterocycles. The molecule has 1 unspecified atom stereocenters. The fourth-order valence-corrected chi connectivity index (χ4v) is 2.99. The first-order chi connectivity index (χ1) is 9.24. The molecule has 0 amide bonds. The van der Waals surface area contributed by atoms with Crippen LogP contribution in [-0.2, 0) is 0 Å². The molecule has 1 N–H and O–H groups in total. The average Bonchev–Trinajstić information content (AvgIpc) is 2.91. The number of hydrogen-bond donors (Lipinski definition) is 1. The smallest absolute Gasteiger partial charge is 0.101 e. The van der Waals surface area contributed by atoms with E-state index in [-0.39, 0.29) is 0 Å². The highest BCUT2D eigenvalue weighted by atomic mass is 79.9. The number of nitriles is 1. The fourth-order valence-electron chi connectivity index (χ4n) is 2.63. The maximum Gasteiger partial charge on any atom is 0.101 e. The van der Waals surface area contributed by atoms with Crippen molar-refractivity contribution in [3.63, 3.8) is 0 Å². The molecule has 19 heavy (non-hydrogen) atoms. The van der Waals surface area contributed by atoms with Gasteiger partial charge in [0.25, 0.3) is 0 Å². The zero-order chi connectivity index (χ0) is 13.7. The van der Waals surface area contributed by atoms with Crippen LogP contribution in [-0.4, -0.2) is 25.7 Å². The molecule has 102 valence electrons. The van der Waals surface area contributed by atoms with Crippen LogP contribution >= 0.6 is 15.9 Å². The number of benzene rings is 1. The van der Waals surface area contributed by atoms with Gasteiger partial charge < -0.3 is 10.2 Å².